The molecular formula is C10H6Br2FNO2. The number of carbonyl (C=O) groups is 2. The van der Waals surface area contributed by atoms with Gasteiger partial charge in [0.1, 0.15) is 10.6 Å². The topological polar surface area (TPSA) is 46.2 Å². The van der Waals surface area contributed by atoms with Crippen LogP contribution in [0.25, 0.3) is 0 Å². The van der Waals surface area contributed by atoms with Crippen molar-refractivity contribution in [2.75, 3.05) is 0 Å². The van der Waals surface area contributed by atoms with Gasteiger partial charge in [-0.25, -0.2) is 4.39 Å². The number of amides is 2. The minimum absolute atomic E-state index is 0.208. The van der Waals surface area contributed by atoms with Crippen molar-refractivity contribution in [3.8, 4) is 0 Å². The molecule has 2 atom stereocenters. The van der Waals surface area contributed by atoms with Gasteiger partial charge in [-0.05, 0) is 18.2 Å². The predicted molar refractivity (Wildman–Crippen MR) is 62.7 cm³/mol. The fraction of sp³-hybridized carbons (Fsp3) is 0.200. The molecule has 0 bridgehead atoms. The van der Waals surface area contributed by atoms with Crippen LogP contribution in [0.4, 0.5) is 4.39 Å². The Kier molecular flexibility index (Phi) is 3.12. The van der Waals surface area contributed by atoms with Crippen LogP contribution in [0.1, 0.15) is 11.5 Å². The highest BCUT2D eigenvalue weighted by Crippen LogP contribution is 2.33. The molecule has 6 heteroatoms. The number of imide groups is 1. The largest absolute Gasteiger partial charge is 0.295 e. The Hall–Kier alpha value is -0.750. The van der Waals surface area contributed by atoms with E-state index in [0.717, 1.165) is 0 Å². The zero-order valence-corrected chi connectivity index (χ0v) is 11.0. The third-order valence-electron chi connectivity index (χ3n) is 2.37. The van der Waals surface area contributed by atoms with E-state index in [9.17, 15) is 14.0 Å². The first-order valence-electron chi connectivity index (χ1n) is 4.44. The summed E-state index contributed by atoms with van der Waals surface area (Å²) in [6.45, 7) is 0. The van der Waals surface area contributed by atoms with Gasteiger partial charge in [-0.15, -0.1) is 0 Å². The molecule has 16 heavy (non-hydrogen) atoms. The number of alkyl halides is 1. The third kappa shape index (κ3) is 1.91. The molecule has 1 aromatic rings. The third-order valence-corrected chi connectivity index (χ3v) is 3.80. The van der Waals surface area contributed by atoms with Gasteiger partial charge in [-0.1, -0.05) is 31.9 Å². The summed E-state index contributed by atoms with van der Waals surface area (Å²) in [4.78, 5) is 22.0. The highest BCUT2D eigenvalue weighted by molar-refractivity contribution is 9.10. The van der Waals surface area contributed by atoms with E-state index in [-0.39, 0.29) is 5.56 Å². The second kappa shape index (κ2) is 4.25. The molecule has 1 N–H and O–H groups in total. The first-order chi connectivity index (χ1) is 7.50. The quantitative estimate of drug-likeness (QED) is 0.622. The maximum absolute atomic E-state index is 13.6. The number of hydrogen-bond donors (Lipinski definition) is 1. The van der Waals surface area contributed by atoms with Crippen molar-refractivity contribution in [3.05, 3.63) is 34.1 Å². The first-order valence-corrected chi connectivity index (χ1v) is 6.15. The number of carbonyl (C=O) groups excluding carboxylic acids is 2. The van der Waals surface area contributed by atoms with Gasteiger partial charge in [0, 0.05) is 10.0 Å². The summed E-state index contributed by atoms with van der Waals surface area (Å²) in [6.07, 6.45) is 0. The standard InChI is InChI=1S/C10H6Br2FNO2/c11-4-1-2-6(13)5(3-4)7-8(12)10(16)14-9(7)15/h1-3,7-8H,(H,14,15,16). The lowest BCUT2D eigenvalue weighted by atomic mass is 9.97. The lowest BCUT2D eigenvalue weighted by Gasteiger charge is -2.11. The highest BCUT2D eigenvalue weighted by atomic mass is 79.9. The molecule has 3 nitrogen and oxygen atoms in total. The Balaban J connectivity index is 2.48. The van der Waals surface area contributed by atoms with E-state index in [0.29, 0.717) is 4.47 Å². The van der Waals surface area contributed by atoms with Crippen LogP contribution in [-0.4, -0.2) is 16.6 Å². The summed E-state index contributed by atoms with van der Waals surface area (Å²) in [5, 5.41) is 2.16. The van der Waals surface area contributed by atoms with Gasteiger partial charge in [-0.3, -0.25) is 14.9 Å². The monoisotopic (exact) mass is 349 g/mol. The molecule has 1 fully saturated rings. The number of rotatable bonds is 1. The Morgan fingerprint density at radius 1 is 1.25 bits per heavy atom. The molecule has 1 heterocycles. The Bertz CT molecular complexity index is 478. The average Bonchev–Trinajstić information content (AvgIpc) is 2.46. The van der Waals surface area contributed by atoms with Gasteiger partial charge in [0.25, 0.3) is 0 Å². The average molecular weight is 351 g/mol. The van der Waals surface area contributed by atoms with Crippen LogP contribution in [0.3, 0.4) is 0 Å². The summed E-state index contributed by atoms with van der Waals surface area (Å²) < 4.78 is 14.2. The zero-order valence-electron chi connectivity index (χ0n) is 7.84. The molecule has 1 aliphatic heterocycles. The molecule has 1 aliphatic rings. The second-order valence-electron chi connectivity index (χ2n) is 3.40. The minimum atomic E-state index is -0.815. The molecule has 84 valence electrons. The van der Waals surface area contributed by atoms with Crippen LogP contribution in [0.15, 0.2) is 22.7 Å². The molecule has 1 saturated heterocycles. The lowest BCUT2D eigenvalue weighted by Crippen LogP contribution is -2.22. The molecular weight excluding hydrogens is 345 g/mol. The van der Waals surface area contributed by atoms with Crippen LogP contribution in [0.5, 0.6) is 0 Å². The van der Waals surface area contributed by atoms with Crippen molar-refractivity contribution in [2.45, 2.75) is 10.7 Å². The van der Waals surface area contributed by atoms with Crippen LogP contribution in [-0.2, 0) is 9.59 Å². The van der Waals surface area contributed by atoms with Crippen molar-refractivity contribution in [3.63, 3.8) is 0 Å². The van der Waals surface area contributed by atoms with Gasteiger partial charge in [0.05, 0.1) is 5.92 Å². The Labute approximate surface area is 108 Å². The van der Waals surface area contributed by atoms with E-state index in [1.54, 1.807) is 0 Å². The van der Waals surface area contributed by atoms with E-state index < -0.39 is 28.4 Å². The summed E-state index contributed by atoms with van der Waals surface area (Å²) in [5.74, 6) is -2.23. The molecule has 0 aromatic heterocycles. The molecule has 2 unspecified atom stereocenters. The number of halogens is 3. The highest BCUT2D eigenvalue weighted by Gasteiger charge is 2.42. The van der Waals surface area contributed by atoms with Crippen molar-refractivity contribution in [1.29, 1.82) is 0 Å². The smallest absolute Gasteiger partial charge is 0.241 e. The van der Waals surface area contributed by atoms with Crippen molar-refractivity contribution >= 4 is 43.7 Å². The fourth-order valence-electron chi connectivity index (χ4n) is 1.60. The van der Waals surface area contributed by atoms with Crippen LogP contribution >= 0.6 is 31.9 Å². The second-order valence-corrected chi connectivity index (χ2v) is 5.30. The molecule has 1 aromatic carbocycles. The molecule has 0 radical (unpaired) electrons. The molecule has 2 rings (SSSR count). The summed E-state index contributed by atoms with van der Waals surface area (Å²) in [5.41, 5.74) is 0.208. The Morgan fingerprint density at radius 3 is 2.50 bits per heavy atom. The molecule has 0 aliphatic carbocycles. The normalized spacial score (nSPS) is 24.7. The maximum Gasteiger partial charge on any atom is 0.241 e. The van der Waals surface area contributed by atoms with E-state index in [1.807, 2.05) is 0 Å². The van der Waals surface area contributed by atoms with Gasteiger partial charge in [0.15, 0.2) is 0 Å². The van der Waals surface area contributed by atoms with Crippen molar-refractivity contribution in [1.82, 2.24) is 5.32 Å². The van der Waals surface area contributed by atoms with E-state index in [4.69, 9.17) is 0 Å². The van der Waals surface area contributed by atoms with Crippen LogP contribution in [0, 0.1) is 5.82 Å². The maximum atomic E-state index is 13.6. The molecule has 0 saturated carbocycles. The molecule has 2 amide bonds. The van der Waals surface area contributed by atoms with Crippen molar-refractivity contribution in [2.24, 2.45) is 0 Å². The lowest BCUT2D eigenvalue weighted by molar-refractivity contribution is -0.125. The van der Waals surface area contributed by atoms with Gasteiger partial charge < -0.3 is 0 Å². The van der Waals surface area contributed by atoms with Gasteiger partial charge in [-0.2, -0.15) is 0 Å². The van der Waals surface area contributed by atoms with Crippen molar-refractivity contribution < 1.29 is 14.0 Å². The SMILES string of the molecule is O=C1NC(=O)C(c2cc(Br)ccc2F)C1Br. The fourth-order valence-corrected chi connectivity index (χ4v) is 2.62. The summed E-state index contributed by atoms with van der Waals surface area (Å²) in [6, 6.07) is 4.30. The Morgan fingerprint density at radius 2 is 1.94 bits per heavy atom. The summed E-state index contributed by atoms with van der Waals surface area (Å²) >= 11 is 6.29. The van der Waals surface area contributed by atoms with Gasteiger partial charge >= 0.3 is 0 Å². The van der Waals surface area contributed by atoms with E-state index >= 15 is 0 Å². The predicted octanol–water partition coefficient (Wildman–Crippen LogP) is 2.09. The van der Waals surface area contributed by atoms with Crippen LogP contribution in [0.2, 0.25) is 0 Å². The van der Waals surface area contributed by atoms with Crippen LogP contribution < -0.4 is 5.32 Å². The van der Waals surface area contributed by atoms with E-state index in [1.165, 1.54) is 18.2 Å². The van der Waals surface area contributed by atoms with Gasteiger partial charge in [0.2, 0.25) is 11.8 Å². The zero-order chi connectivity index (χ0) is 11.9. The van der Waals surface area contributed by atoms with E-state index in [2.05, 4.69) is 37.2 Å². The number of hydrogen-bond acceptors (Lipinski definition) is 2. The minimum Gasteiger partial charge on any atom is -0.295 e. The summed E-state index contributed by atoms with van der Waals surface area (Å²) in [7, 11) is 0. The molecule has 0 spiro atoms. The number of nitrogens with one attached hydrogen (secondary N) is 1. The first kappa shape index (κ1) is 11.7. The number of benzene rings is 1.